The van der Waals surface area contributed by atoms with Crippen LogP contribution in [0.2, 0.25) is 0 Å². The van der Waals surface area contributed by atoms with Gasteiger partial charge in [-0.15, -0.1) is 0 Å². The van der Waals surface area contributed by atoms with Crippen LogP contribution in [0.1, 0.15) is 27.2 Å². The van der Waals surface area contributed by atoms with Gasteiger partial charge in [-0.1, -0.05) is 6.92 Å². The first-order chi connectivity index (χ1) is 7.08. The largest absolute Gasteiger partial charge is 1.00 e. The Hall–Kier alpha value is -0.320. The van der Waals surface area contributed by atoms with E-state index in [-0.39, 0.29) is 25.0 Å². The number of ether oxygens (including phenoxy) is 1. The minimum atomic E-state index is -0.600. The molecular formula is C12H26ClNO3. The number of quaternary nitrogens is 1. The van der Waals surface area contributed by atoms with Gasteiger partial charge in [-0.3, -0.25) is 4.79 Å². The molecule has 104 valence electrons. The third-order valence-electron chi connectivity index (χ3n) is 2.60. The predicted octanol–water partition coefficient (Wildman–Crippen LogP) is -1.96. The summed E-state index contributed by atoms with van der Waals surface area (Å²) < 4.78 is 5.76. The van der Waals surface area contributed by atoms with E-state index in [1.54, 1.807) is 0 Å². The van der Waals surface area contributed by atoms with Gasteiger partial charge in [0, 0.05) is 0 Å². The highest BCUT2D eigenvalue weighted by Crippen LogP contribution is 2.21. The van der Waals surface area contributed by atoms with Gasteiger partial charge in [0.05, 0.1) is 26.6 Å². The van der Waals surface area contributed by atoms with Crippen molar-refractivity contribution in [1.82, 2.24) is 0 Å². The second-order valence-electron chi connectivity index (χ2n) is 5.96. The van der Waals surface area contributed by atoms with E-state index >= 15 is 0 Å². The summed E-state index contributed by atoms with van der Waals surface area (Å²) in [5.41, 5.74) is -0.462. The van der Waals surface area contributed by atoms with Crippen LogP contribution in [-0.2, 0) is 9.53 Å². The molecule has 0 aliphatic heterocycles. The lowest BCUT2D eigenvalue weighted by Gasteiger charge is -2.27. The Morgan fingerprint density at radius 1 is 1.35 bits per heavy atom. The fraction of sp³-hybridized carbons (Fsp3) is 0.917. The van der Waals surface area contributed by atoms with Crippen LogP contribution in [0.15, 0.2) is 0 Å². The average Bonchev–Trinajstić information content (AvgIpc) is 2.11. The average molecular weight is 268 g/mol. The lowest BCUT2D eigenvalue weighted by atomic mass is 9.91. The molecule has 5 heteroatoms. The Morgan fingerprint density at radius 3 is 2.18 bits per heavy atom. The number of carbonyl (C=O) groups excluding carboxylic acids is 1. The molecule has 0 saturated heterocycles. The number of nitrogens with zero attached hydrogens (tertiary/aromatic N) is 1. The second-order valence-corrected chi connectivity index (χ2v) is 5.96. The number of rotatable bonds is 6. The number of hydrogen-bond donors (Lipinski definition) is 1. The predicted molar refractivity (Wildman–Crippen MR) is 63.9 cm³/mol. The van der Waals surface area contributed by atoms with Crippen molar-refractivity contribution in [2.45, 2.75) is 33.3 Å². The van der Waals surface area contributed by atoms with E-state index in [4.69, 9.17) is 4.74 Å². The van der Waals surface area contributed by atoms with Crippen molar-refractivity contribution in [3.63, 3.8) is 0 Å². The van der Waals surface area contributed by atoms with Gasteiger partial charge < -0.3 is 26.7 Å². The molecule has 1 N–H and O–H groups in total. The van der Waals surface area contributed by atoms with E-state index in [0.717, 1.165) is 6.42 Å². The van der Waals surface area contributed by atoms with Crippen molar-refractivity contribution in [3.05, 3.63) is 0 Å². The number of aliphatic hydroxyl groups excluding tert-OH is 1. The standard InChI is InChI=1S/C12H26NO3.ClH/c1-7-12(2,3)11(15)16-9-10(14)8-13(4,5)6;/h10,14H,7-9H2,1-6H3;1H/q+1;/p-1. The zero-order chi connectivity index (χ0) is 13.0. The Bertz CT molecular complexity index is 236. The zero-order valence-corrected chi connectivity index (χ0v) is 12.5. The van der Waals surface area contributed by atoms with Gasteiger partial charge in [0.1, 0.15) is 19.3 Å². The molecule has 0 fully saturated rings. The first-order valence-corrected chi connectivity index (χ1v) is 5.74. The molecule has 0 amide bonds. The van der Waals surface area contributed by atoms with Crippen molar-refractivity contribution in [1.29, 1.82) is 0 Å². The molecule has 0 spiro atoms. The number of esters is 1. The third kappa shape index (κ3) is 8.41. The van der Waals surface area contributed by atoms with Crippen LogP contribution in [0.4, 0.5) is 0 Å². The topological polar surface area (TPSA) is 46.5 Å². The molecule has 0 saturated carbocycles. The molecule has 0 aromatic heterocycles. The molecule has 17 heavy (non-hydrogen) atoms. The van der Waals surface area contributed by atoms with E-state index in [1.807, 2.05) is 41.9 Å². The fourth-order valence-corrected chi connectivity index (χ4v) is 1.20. The summed E-state index contributed by atoms with van der Waals surface area (Å²) in [5.74, 6) is -0.240. The van der Waals surface area contributed by atoms with Crippen LogP contribution in [0, 0.1) is 5.41 Å². The summed E-state index contributed by atoms with van der Waals surface area (Å²) in [7, 11) is 5.96. The number of likely N-dealkylation sites (N-methyl/N-ethyl adjacent to an activating group) is 1. The van der Waals surface area contributed by atoms with Gasteiger partial charge in [0.25, 0.3) is 0 Å². The summed E-state index contributed by atoms with van der Waals surface area (Å²) in [6.07, 6.45) is 0.133. The number of carbonyl (C=O) groups is 1. The SMILES string of the molecule is CCC(C)(C)C(=O)OCC(O)C[N+](C)(C)C.[Cl-]. The molecule has 0 radical (unpaired) electrons. The summed E-state index contributed by atoms with van der Waals surface area (Å²) in [6, 6.07) is 0. The van der Waals surface area contributed by atoms with Gasteiger partial charge in [-0.25, -0.2) is 0 Å². The molecule has 0 aliphatic rings. The Labute approximate surface area is 111 Å². The maximum Gasteiger partial charge on any atom is 0.311 e. The smallest absolute Gasteiger partial charge is 0.311 e. The molecule has 0 aromatic carbocycles. The number of halogens is 1. The Morgan fingerprint density at radius 2 is 1.82 bits per heavy atom. The maximum absolute atomic E-state index is 11.6. The summed E-state index contributed by atoms with van der Waals surface area (Å²) in [6.45, 7) is 6.30. The summed E-state index contributed by atoms with van der Waals surface area (Å²) in [5, 5.41) is 9.68. The highest BCUT2D eigenvalue weighted by Gasteiger charge is 2.28. The monoisotopic (exact) mass is 267 g/mol. The van der Waals surface area contributed by atoms with Gasteiger partial charge in [0.2, 0.25) is 0 Å². The van der Waals surface area contributed by atoms with E-state index in [9.17, 15) is 9.90 Å². The molecular weight excluding hydrogens is 242 g/mol. The van der Waals surface area contributed by atoms with E-state index in [0.29, 0.717) is 11.0 Å². The van der Waals surface area contributed by atoms with Crippen LogP contribution < -0.4 is 12.4 Å². The highest BCUT2D eigenvalue weighted by atomic mass is 35.5. The quantitative estimate of drug-likeness (QED) is 0.449. The first kappa shape index (κ1) is 19.0. The molecule has 1 unspecified atom stereocenters. The highest BCUT2D eigenvalue weighted by molar-refractivity contribution is 5.75. The molecule has 0 aliphatic carbocycles. The van der Waals surface area contributed by atoms with E-state index in [1.165, 1.54) is 0 Å². The maximum atomic E-state index is 11.6. The van der Waals surface area contributed by atoms with Crippen molar-refractivity contribution in [2.75, 3.05) is 34.3 Å². The number of aliphatic hydroxyl groups is 1. The Kier molecular flexibility index (Phi) is 8.05. The van der Waals surface area contributed by atoms with Gasteiger partial charge >= 0.3 is 5.97 Å². The second kappa shape index (κ2) is 7.19. The van der Waals surface area contributed by atoms with Gasteiger partial charge in [-0.05, 0) is 20.3 Å². The van der Waals surface area contributed by atoms with Crippen molar-refractivity contribution >= 4 is 5.97 Å². The summed E-state index contributed by atoms with van der Waals surface area (Å²) >= 11 is 0. The van der Waals surface area contributed by atoms with E-state index < -0.39 is 11.5 Å². The lowest BCUT2D eigenvalue weighted by Crippen LogP contribution is -3.00. The van der Waals surface area contributed by atoms with Crippen LogP contribution in [-0.4, -0.2) is 56.0 Å². The summed E-state index contributed by atoms with van der Waals surface area (Å²) in [4.78, 5) is 11.6. The van der Waals surface area contributed by atoms with Crippen LogP contribution in [0.3, 0.4) is 0 Å². The first-order valence-electron chi connectivity index (χ1n) is 5.74. The van der Waals surface area contributed by atoms with E-state index in [2.05, 4.69) is 0 Å². The Balaban J connectivity index is 0. The van der Waals surface area contributed by atoms with Gasteiger partial charge in [0.15, 0.2) is 0 Å². The molecule has 4 nitrogen and oxygen atoms in total. The normalized spacial score (nSPS) is 13.8. The van der Waals surface area contributed by atoms with Crippen molar-refractivity contribution < 1.29 is 31.5 Å². The van der Waals surface area contributed by atoms with Crippen LogP contribution in [0.25, 0.3) is 0 Å². The number of hydrogen-bond acceptors (Lipinski definition) is 3. The molecule has 0 heterocycles. The molecule has 0 rings (SSSR count). The fourth-order valence-electron chi connectivity index (χ4n) is 1.20. The minimum absolute atomic E-state index is 0. The van der Waals surface area contributed by atoms with Crippen LogP contribution in [0.5, 0.6) is 0 Å². The zero-order valence-electron chi connectivity index (χ0n) is 11.8. The molecule has 1 atom stereocenters. The van der Waals surface area contributed by atoms with Crippen molar-refractivity contribution in [3.8, 4) is 0 Å². The lowest BCUT2D eigenvalue weighted by molar-refractivity contribution is -0.873. The third-order valence-corrected chi connectivity index (χ3v) is 2.60. The molecule has 0 bridgehead atoms. The van der Waals surface area contributed by atoms with Crippen molar-refractivity contribution in [2.24, 2.45) is 5.41 Å². The molecule has 0 aromatic rings. The van der Waals surface area contributed by atoms with Crippen LogP contribution >= 0.6 is 0 Å². The van der Waals surface area contributed by atoms with Gasteiger partial charge in [-0.2, -0.15) is 0 Å². The minimum Gasteiger partial charge on any atom is -1.00 e.